The Kier molecular flexibility index (Phi) is 6.37. The van der Waals surface area contributed by atoms with E-state index in [1.54, 1.807) is 31.2 Å². The van der Waals surface area contributed by atoms with Gasteiger partial charge in [-0.15, -0.1) is 0 Å². The molecule has 5 heteroatoms. The second-order valence-electron chi connectivity index (χ2n) is 5.22. The number of carbonyl (C=O) groups is 2. The largest absolute Gasteiger partial charge is 0.492 e. The number of rotatable bonds is 7. The van der Waals surface area contributed by atoms with Gasteiger partial charge in [0.2, 0.25) is 0 Å². The number of nitrogens with one attached hydrogen (secondary N) is 1. The van der Waals surface area contributed by atoms with Crippen molar-refractivity contribution in [1.82, 2.24) is 5.32 Å². The molecule has 1 amide bonds. The Bertz CT molecular complexity index is 678. The van der Waals surface area contributed by atoms with E-state index in [9.17, 15) is 9.59 Å². The summed E-state index contributed by atoms with van der Waals surface area (Å²) in [6.07, 6.45) is -0.458. The number of hydrogen-bond acceptors (Lipinski definition) is 4. The summed E-state index contributed by atoms with van der Waals surface area (Å²) in [6.45, 7) is 4.74. The van der Waals surface area contributed by atoms with Crippen LogP contribution in [0.15, 0.2) is 48.5 Å². The highest BCUT2D eigenvalue weighted by Gasteiger charge is 2.08. The molecule has 0 atom stereocenters. The van der Waals surface area contributed by atoms with Crippen LogP contribution in [0.2, 0.25) is 0 Å². The molecule has 0 radical (unpaired) electrons. The molecule has 0 aliphatic heterocycles. The lowest BCUT2D eigenvalue weighted by Gasteiger charge is -2.08. The molecule has 0 heterocycles. The van der Waals surface area contributed by atoms with Crippen LogP contribution in [0, 0.1) is 6.92 Å². The van der Waals surface area contributed by atoms with E-state index in [0.29, 0.717) is 36.6 Å². The third kappa shape index (κ3) is 5.12. The van der Waals surface area contributed by atoms with Gasteiger partial charge in [0.1, 0.15) is 12.4 Å². The van der Waals surface area contributed by atoms with E-state index in [-0.39, 0.29) is 5.78 Å². The van der Waals surface area contributed by atoms with Crippen molar-refractivity contribution in [2.24, 2.45) is 0 Å². The van der Waals surface area contributed by atoms with Crippen molar-refractivity contribution >= 4 is 11.9 Å². The van der Waals surface area contributed by atoms with Gasteiger partial charge in [-0.2, -0.15) is 0 Å². The number of amides is 1. The standard InChI is InChI=1S/C19H21NO4/c1-3-23-19(22)20-12-13-24-17-10-8-16(9-11-17)18(21)15-6-4-14(2)5-7-15/h4-11H,3,12-13H2,1-2H3,(H,20,22). The zero-order valence-electron chi connectivity index (χ0n) is 13.9. The van der Waals surface area contributed by atoms with Crippen molar-refractivity contribution in [3.05, 3.63) is 65.2 Å². The Morgan fingerprint density at radius 1 is 0.958 bits per heavy atom. The van der Waals surface area contributed by atoms with Gasteiger partial charge in [-0.05, 0) is 38.1 Å². The molecule has 0 fully saturated rings. The average molecular weight is 327 g/mol. The molecule has 2 rings (SSSR count). The van der Waals surface area contributed by atoms with Crippen molar-refractivity contribution < 1.29 is 19.1 Å². The van der Waals surface area contributed by atoms with Crippen molar-refractivity contribution in [2.75, 3.05) is 19.8 Å². The molecule has 2 aromatic carbocycles. The van der Waals surface area contributed by atoms with Crippen LogP contribution in [0.3, 0.4) is 0 Å². The Morgan fingerprint density at radius 3 is 2.12 bits per heavy atom. The highest BCUT2D eigenvalue weighted by atomic mass is 16.5. The number of aryl methyl sites for hydroxylation is 1. The number of ether oxygens (including phenoxy) is 2. The third-order valence-corrected chi connectivity index (χ3v) is 3.35. The molecule has 0 bridgehead atoms. The summed E-state index contributed by atoms with van der Waals surface area (Å²) < 4.78 is 10.3. The van der Waals surface area contributed by atoms with Crippen molar-refractivity contribution in [1.29, 1.82) is 0 Å². The molecule has 126 valence electrons. The Morgan fingerprint density at radius 2 is 1.54 bits per heavy atom. The minimum Gasteiger partial charge on any atom is -0.492 e. The predicted molar refractivity (Wildman–Crippen MR) is 91.6 cm³/mol. The van der Waals surface area contributed by atoms with Crippen molar-refractivity contribution in [3.8, 4) is 5.75 Å². The van der Waals surface area contributed by atoms with E-state index in [2.05, 4.69) is 5.32 Å². The van der Waals surface area contributed by atoms with Gasteiger partial charge in [-0.3, -0.25) is 4.79 Å². The first kappa shape index (κ1) is 17.5. The Balaban J connectivity index is 1.85. The fraction of sp³-hybridized carbons (Fsp3) is 0.263. The summed E-state index contributed by atoms with van der Waals surface area (Å²) in [4.78, 5) is 23.5. The van der Waals surface area contributed by atoms with Gasteiger partial charge in [0.05, 0.1) is 13.2 Å². The first-order valence-corrected chi connectivity index (χ1v) is 7.85. The second-order valence-corrected chi connectivity index (χ2v) is 5.22. The third-order valence-electron chi connectivity index (χ3n) is 3.35. The van der Waals surface area contributed by atoms with Crippen LogP contribution in [0.25, 0.3) is 0 Å². The molecule has 0 aromatic heterocycles. The minimum atomic E-state index is -0.458. The Labute approximate surface area is 141 Å². The highest BCUT2D eigenvalue weighted by molar-refractivity contribution is 6.09. The van der Waals surface area contributed by atoms with E-state index >= 15 is 0 Å². The summed E-state index contributed by atoms with van der Waals surface area (Å²) >= 11 is 0. The highest BCUT2D eigenvalue weighted by Crippen LogP contribution is 2.16. The Hall–Kier alpha value is -2.82. The van der Waals surface area contributed by atoms with Crippen molar-refractivity contribution in [3.63, 3.8) is 0 Å². The lowest BCUT2D eigenvalue weighted by atomic mass is 10.0. The zero-order chi connectivity index (χ0) is 17.4. The topological polar surface area (TPSA) is 64.6 Å². The first-order valence-electron chi connectivity index (χ1n) is 7.85. The fourth-order valence-corrected chi connectivity index (χ4v) is 2.08. The van der Waals surface area contributed by atoms with E-state index in [0.717, 1.165) is 5.56 Å². The fourth-order valence-electron chi connectivity index (χ4n) is 2.08. The van der Waals surface area contributed by atoms with Crippen LogP contribution >= 0.6 is 0 Å². The number of alkyl carbamates (subject to hydrolysis) is 1. The maximum absolute atomic E-state index is 12.4. The van der Waals surface area contributed by atoms with Gasteiger partial charge in [-0.25, -0.2) is 4.79 Å². The monoisotopic (exact) mass is 327 g/mol. The summed E-state index contributed by atoms with van der Waals surface area (Å²) in [7, 11) is 0. The summed E-state index contributed by atoms with van der Waals surface area (Å²) in [5.41, 5.74) is 2.38. The lowest BCUT2D eigenvalue weighted by molar-refractivity contribution is 0.103. The number of carbonyl (C=O) groups excluding carboxylic acids is 2. The van der Waals surface area contributed by atoms with Crippen LogP contribution < -0.4 is 10.1 Å². The lowest BCUT2D eigenvalue weighted by Crippen LogP contribution is -2.28. The molecular weight excluding hydrogens is 306 g/mol. The smallest absolute Gasteiger partial charge is 0.407 e. The van der Waals surface area contributed by atoms with Gasteiger partial charge >= 0.3 is 6.09 Å². The predicted octanol–water partition coefficient (Wildman–Crippen LogP) is 3.35. The first-order chi connectivity index (χ1) is 11.6. The molecule has 2 aromatic rings. The van der Waals surface area contributed by atoms with Crippen LogP contribution in [0.4, 0.5) is 4.79 Å². The van der Waals surface area contributed by atoms with Gasteiger partial charge in [0.15, 0.2) is 5.78 Å². The minimum absolute atomic E-state index is 0.0227. The molecular formula is C19H21NO4. The average Bonchev–Trinajstić information content (AvgIpc) is 2.60. The van der Waals surface area contributed by atoms with Gasteiger partial charge in [0.25, 0.3) is 0 Å². The van der Waals surface area contributed by atoms with Crippen LogP contribution in [0.5, 0.6) is 5.75 Å². The number of ketones is 1. The van der Waals surface area contributed by atoms with Crippen molar-refractivity contribution in [2.45, 2.75) is 13.8 Å². The molecule has 0 aliphatic carbocycles. The zero-order valence-corrected chi connectivity index (χ0v) is 13.9. The van der Waals surface area contributed by atoms with E-state index in [1.165, 1.54) is 0 Å². The molecule has 24 heavy (non-hydrogen) atoms. The van der Waals surface area contributed by atoms with E-state index in [4.69, 9.17) is 9.47 Å². The maximum Gasteiger partial charge on any atom is 0.407 e. The van der Waals surface area contributed by atoms with Crippen LogP contribution in [-0.2, 0) is 4.74 Å². The quantitative estimate of drug-likeness (QED) is 0.626. The maximum atomic E-state index is 12.4. The molecule has 0 saturated heterocycles. The van der Waals surface area contributed by atoms with E-state index < -0.39 is 6.09 Å². The van der Waals surface area contributed by atoms with Gasteiger partial charge in [0, 0.05) is 11.1 Å². The molecule has 0 saturated carbocycles. The summed E-state index contributed by atoms with van der Waals surface area (Å²) in [5, 5.41) is 2.57. The van der Waals surface area contributed by atoms with Gasteiger partial charge in [-0.1, -0.05) is 29.8 Å². The summed E-state index contributed by atoms with van der Waals surface area (Å²) in [5.74, 6) is 0.617. The number of benzene rings is 2. The second kappa shape index (κ2) is 8.72. The summed E-state index contributed by atoms with van der Waals surface area (Å²) in [6, 6.07) is 14.4. The molecule has 1 N–H and O–H groups in total. The number of hydrogen-bond donors (Lipinski definition) is 1. The molecule has 0 unspecified atom stereocenters. The molecule has 0 aliphatic rings. The SMILES string of the molecule is CCOC(=O)NCCOc1ccc(C(=O)c2ccc(C)cc2)cc1. The molecule has 5 nitrogen and oxygen atoms in total. The van der Waals surface area contributed by atoms with E-state index in [1.807, 2.05) is 31.2 Å². The van der Waals surface area contributed by atoms with Crippen LogP contribution in [-0.4, -0.2) is 31.6 Å². The van der Waals surface area contributed by atoms with Crippen LogP contribution in [0.1, 0.15) is 28.4 Å². The normalized spacial score (nSPS) is 10.1. The molecule has 0 spiro atoms. The van der Waals surface area contributed by atoms with Gasteiger partial charge < -0.3 is 14.8 Å².